The largest absolute Gasteiger partial charge is 0.356 e. The second kappa shape index (κ2) is 8.11. The fraction of sp³-hybridized carbons (Fsp3) is 0.0588. The lowest BCUT2D eigenvalue weighted by Gasteiger charge is -2.08. The number of aromatic nitrogens is 3. The average molecular weight is 353 g/mol. The van der Waals surface area contributed by atoms with Crippen LogP contribution in [0.15, 0.2) is 70.7 Å². The SMILES string of the molecule is O=C(CSc1nncc(=O)[nH]1)Nc1ccc(Nc2ccccc2)cc1. The molecule has 7 nitrogen and oxygen atoms in total. The number of rotatable bonds is 6. The highest BCUT2D eigenvalue weighted by molar-refractivity contribution is 7.99. The summed E-state index contributed by atoms with van der Waals surface area (Å²) in [6.45, 7) is 0. The maximum Gasteiger partial charge on any atom is 0.270 e. The Hall–Kier alpha value is -3.13. The summed E-state index contributed by atoms with van der Waals surface area (Å²) < 4.78 is 0. The molecule has 0 spiro atoms. The van der Waals surface area contributed by atoms with Gasteiger partial charge in [0.05, 0.1) is 5.75 Å². The lowest BCUT2D eigenvalue weighted by Crippen LogP contribution is -2.15. The van der Waals surface area contributed by atoms with E-state index < -0.39 is 0 Å². The van der Waals surface area contributed by atoms with Crippen LogP contribution in [0.25, 0.3) is 0 Å². The molecule has 2 aromatic carbocycles. The first-order valence-electron chi connectivity index (χ1n) is 7.46. The lowest BCUT2D eigenvalue weighted by atomic mass is 10.2. The number of amides is 1. The number of aromatic amines is 1. The van der Waals surface area contributed by atoms with E-state index in [-0.39, 0.29) is 17.2 Å². The zero-order valence-corrected chi connectivity index (χ0v) is 13.9. The number of benzene rings is 2. The van der Waals surface area contributed by atoms with Crippen LogP contribution in [-0.4, -0.2) is 26.8 Å². The van der Waals surface area contributed by atoms with Crippen molar-refractivity contribution in [3.05, 3.63) is 71.1 Å². The Morgan fingerprint density at radius 2 is 1.68 bits per heavy atom. The Balaban J connectivity index is 1.52. The Bertz CT molecular complexity index is 897. The molecule has 0 fully saturated rings. The van der Waals surface area contributed by atoms with Gasteiger partial charge >= 0.3 is 0 Å². The Morgan fingerprint density at radius 1 is 1.00 bits per heavy atom. The van der Waals surface area contributed by atoms with Gasteiger partial charge in [-0.25, -0.2) is 0 Å². The van der Waals surface area contributed by atoms with E-state index in [1.807, 2.05) is 54.6 Å². The van der Waals surface area contributed by atoms with Crippen molar-refractivity contribution in [3.63, 3.8) is 0 Å². The van der Waals surface area contributed by atoms with Crippen molar-refractivity contribution in [3.8, 4) is 0 Å². The second-order valence-electron chi connectivity index (χ2n) is 5.04. The van der Waals surface area contributed by atoms with E-state index in [1.165, 1.54) is 0 Å². The van der Waals surface area contributed by atoms with Crippen LogP contribution < -0.4 is 16.2 Å². The molecule has 0 saturated heterocycles. The summed E-state index contributed by atoms with van der Waals surface area (Å²) in [5, 5.41) is 13.6. The molecule has 0 atom stereocenters. The molecule has 126 valence electrons. The molecule has 1 amide bonds. The van der Waals surface area contributed by atoms with Crippen LogP contribution in [-0.2, 0) is 4.79 Å². The molecule has 25 heavy (non-hydrogen) atoms. The van der Waals surface area contributed by atoms with Crippen molar-refractivity contribution in [1.82, 2.24) is 15.2 Å². The number of anilines is 3. The average Bonchev–Trinajstić information content (AvgIpc) is 2.63. The van der Waals surface area contributed by atoms with E-state index in [0.717, 1.165) is 29.3 Å². The molecule has 0 radical (unpaired) electrons. The van der Waals surface area contributed by atoms with E-state index in [9.17, 15) is 9.59 Å². The van der Waals surface area contributed by atoms with Crippen molar-refractivity contribution in [2.75, 3.05) is 16.4 Å². The third-order valence-corrected chi connectivity index (χ3v) is 3.99. The van der Waals surface area contributed by atoms with Crippen LogP contribution in [0, 0.1) is 0 Å². The number of carbonyl (C=O) groups is 1. The molecule has 0 unspecified atom stereocenters. The molecule has 1 heterocycles. The van der Waals surface area contributed by atoms with Gasteiger partial charge in [0.1, 0.15) is 6.20 Å². The fourth-order valence-electron chi connectivity index (χ4n) is 2.02. The first kappa shape index (κ1) is 16.7. The first-order valence-corrected chi connectivity index (χ1v) is 8.44. The first-order chi connectivity index (χ1) is 12.2. The summed E-state index contributed by atoms with van der Waals surface area (Å²) in [7, 11) is 0. The molecular weight excluding hydrogens is 338 g/mol. The third kappa shape index (κ3) is 5.18. The maximum absolute atomic E-state index is 12.0. The van der Waals surface area contributed by atoms with Gasteiger partial charge in [0.2, 0.25) is 5.91 Å². The maximum atomic E-state index is 12.0. The molecule has 0 bridgehead atoms. The van der Waals surface area contributed by atoms with Gasteiger partial charge in [-0.1, -0.05) is 30.0 Å². The van der Waals surface area contributed by atoms with Gasteiger partial charge in [0.25, 0.3) is 5.56 Å². The van der Waals surface area contributed by atoms with E-state index in [1.54, 1.807) is 0 Å². The highest BCUT2D eigenvalue weighted by Gasteiger charge is 2.06. The molecule has 0 aliphatic heterocycles. The summed E-state index contributed by atoms with van der Waals surface area (Å²) in [6, 6.07) is 17.2. The standard InChI is InChI=1S/C17H15N5O2S/c23-15-10-18-22-17(21-15)25-11-16(24)20-14-8-6-13(7-9-14)19-12-4-2-1-3-5-12/h1-10,19H,11H2,(H,20,24)(H,21,22,23). The van der Waals surface area contributed by atoms with Crippen molar-refractivity contribution in [1.29, 1.82) is 0 Å². The van der Waals surface area contributed by atoms with Crippen LogP contribution in [0.2, 0.25) is 0 Å². The predicted octanol–water partition coefficient (Wildman–Crippen LogP) is 2.64. The van der Waals surface area contributed by atoms with Gasteiger partial charge in [-0.05, 0) is 36.4 Å². The monoisotopic (exact) mass is 353 g/mol. The van der Waals surface area contributed by atoms with Crippen molar-refractivity contribution >= 4 is 34.7 Å². The number of carbonyl (C=O) groups excluding carboxylic acids is 1. The molecule has 0 aliphatic carbocycles. The topological polar surface area (TPSA) is 99.8 Å². The van der Waals surface area contributed by atoms with Crippen LogP contribution in [0.1, 0.15) is 0 Å². The minimum atomic E-state index is -0.348. The number of nitrogens with one attached hydrogen (secondary N) is 3. The Morgan fingerprint density at radius 3 is 2.40 bits per heavy atom. The highest BCUT2D eigenvalue weighted by atomic mass is 32.2. The quantitative estimate of drug-likeness (QED) is 0.589. The summed E-state index contributed by atoms with van der Waals surface area (Å²) in [4.78, 5) is 25.6. The summed E-state index contributed by atoms with van der Waals surface area (Å²) in [5.74, 6) is -0.0705. The third-order valence-electron chi connectivity index (χ3n) is 3.12. The van der Waals surface area contributed by atoms with E-state index >= 15 is 0 Å². The molecule has 3 N–H and O–H groups in total. The number of para-hydroxylation sites is 1. The number of H-pyrrole nitrogens is 1. The number of hydrogen-bond donors (Lipinski definition) is 3. The molecule has 3 aromatic rings. The van der Waals surface area contributed by atoms with Gasteiger partial charge in [-0.15, -0.1) is 5.10 Å². The lowest BCUT2D eigenvalue weighted by molar-refractivity contribution is -0.113. The van der Waals surface area contributed by atoms with Gasteiger partial charge in [0, 0.05) is 17.1 Å². The molecule has 0 saturated carbocycles. The van der Waals surface area contributed by atoms with Crippen LogP contribution in [0.5, 0.6) is 0 Å². The van der Waals surface area contributed by atoms with Crippen LogP contribution >= 0.6 is 11.8 Å². The van der Waals surface area contributed by atoms with Crippen molar-refractivity contribution in [2.24, 2.45) is 0 Å². The zero-order chi connectivity index (χ0) is 17.5. The Labute approximate surface area is 147 Å². The summed E-state index contributed by atoms with van der Waals surface area (Å²) >= 11 is 1.11. The number of nitrogens with zero attached hydrogens (tertiary/aromatic N) is 2. The Kier molecular flexibility index (Phi) is 5.43. The summed E-state index contributed by atoms with van der Waals surface area (Å²) in [6.07, 6.45) is 1.08. The van der Waals surface area contributed by atoms with Crippen molar-refractivity contribution < 1.29 is 4.79 Å². The zero-order valence-electron chi connectivity index (χ0n) is 13.1. The molecule has 8 heteroatoms. The molecule has 3 rings (SSSR count). The van der Waals surface area contributed by atoms with E-state index in [2.05, 4.69) is 25.8 Å². The fourth-order valence-corrected chi connectivity index (χ4v) is 2.64. The highest BCUT2D eigenvalue weighted by Crippen LogP contribution is 2.19. The smallest absolute Gasteiger partial charge is 0.270 e. The molecule has 0 aliphatic rings. The van der Waals surface area contributed by atoms with Gasteiger partial charge in [-0.3, -0.25) is 14.6 Å². The van der Waals surface area contributed by atoms with E-state index in [0.29, 0.717) is 10.8 Å². The number of thioether (sulfide) groups is 1. The second-order valence-corrected chi connectivity index (χ2v) is 6.01. The van der Waals surface area contributed by atoms with Crippen molar-refractivity contribution in [2.45, 2.75) is 5.16 Å². The minimum Gasteiger partial charge on any atom is -0.356 e. The summed E-state index contributed by atoms with van der Waals surface area (Å²) in [5.41, 5.74) is 2.26. The molecular formula is C17H15N5O2S. The minimum absolute atomic E-state index is 0.124. The molecule has 1 aromatic heterocycles. The predicted molar refractivity (Wildman–Crippen MR) is 98.2 cm³/mol. The normalized spacial score (nSPS) is 10.2. The van der Waals surface area contributed by atoms with Gasteiger partial charge < -0.3 is 10.6 Å². The van der Waals surface area contributed by atoms with Gasteiger partial charge in [-0.2, -0.15) is 5.10 Å². The van der Waals surface area contributed by atoms with Gasteiger partial charge in [0.15, 0.2) is 5.16 Å². The van der Waals surface area contributed by atoms with Crippen LogP contribution in [0.4, 0.5) is 17.1 Å². The van der Waals surface area contributed by atoms with Crippen LogP contribution in [0.3, 0.4) is 0 Å². The number of hydrogen-bond acceptors (Lipinski definition) is 6. The van der Waals surface area contributed by atoms with E-state index in [4.69, 9.17) is 0 Å².